The highest BCUT2D eigenvalue weighted by Crippen LogP contribution is 2.20. The molecular weight excluding hydrogens is 196 g/mol. The third kappa shape index (κ3) is 2.54. The van der Waals surface area contributed by atoms with E-state index in [1.165, 1.54) is 6.07 Å². The minimum atomic E-state index is -0.812. The van der Waals surface area contributed by atoms with Crippen molar-refractivity contribution < 1.29 is 9.72 Å². The van der Waals surface area contributed by atoms with Gasteiger partial charge in [0, 0.05) is 12.0 Å². The van der Waals surface area contributed by atoms with Gasteiger partial charge in [-0.1, -0.05) is 12.1 Å². The Morgan fingerprint density at radius 2 is 2.20 bits per heavy atom. The first-order valence-corrected chi connectivity index (χ1v) is 4.08. The summed E-state index contributed by atoms with van der Waals surface area (Å²) in [4.78, 5) is 20.5. The maximum atomic E-state index is 10.6. The second-order valence-electron chi connectivity index (χ2n) is 2.84. The topological polar surface area (TPSA) is 86.2 Å². The van der Waals surface area contributed by atoms with Crippen LogP contribution in [-0.2, 0) is 4.79 Å². The Morgan fingerprint density at radius 3 is 2.73 bits per heavy atom. The van der Waals surface area contributed by atoms with E-state index >= 15 is 0 Å². The molecule has 0 saturated carbocycles. The van der Waals surface area contributed by atoms with Gasteiger partial charge in [-0.05, 0) is 18.4 Å². The Bertz CT molecular complexity index is 483. The molecule has 0 aliphatic heterocycles. The van der Waals surface area contributed by atoms with Crippen molar-refractivity contribution in [2.75, 3.05) is 0 Å². The number of amides is 1. The molecule has 0 heterocycles. The number of primary amides is 1. The van der Waals surface area contributed by atoms with E-state index in [-0.39, 0.29) is 11.3 Å². The fraction of sp³-hybridized carbons (Fsp3) is 0.100. The molecule has 1 amide bonds. The monoisotopic (exact) mass is 204 g/mol. The number of nitro groups is 1. The molecule has 5 heteroatoms. The number of nitrogens with zero attached hydrogens (tertiary/aromatic N) is 1. The molecule has 1 aromatic carbocycles. The minimum Gasteiger partial charge on any atom is -0.359 e. The van der Waals surface area contributed by atoms with Gasteiger partial charge in [0.25, 0.3) is 11.6 Å². The van der Waals surface area contributed by atoms with Crippen LogP contribution in [0.5, 0.6) is 0 Å². The molecule has 15 heavy (non-hydrogen) atoms. The van der Waals surface area contributed by atoms with Gasteiger partial charge in [0.05, 0.1) is 4.92 Å². The summed E-state index contributed by atoms with van der Waals surface area (Å²) in [6, 6.07) is 4.57. The van der Waals surface area contributed by atoms with Crippen LogP contribution in [0.3, 0.4) is 0 Å². The lowest BCUT2D eigenvalue weighted by molar-refractivity contribution is -0.385. The van der Waals surface area contributed by atoms with Gasteiger partial charge >= 0.3 is 0 Å². The van der Waals surface area contributed by atoms with Gasteiger partial charge in [0.2, 0.25) is 0 Å². The average molecular weight is 204 g/mol. The van der Waals surface area contributed by atoms with Gasteiger partial charge < -0.3 is 5.73 Å². The zero-order valence-corrected chi connectivity index (χ0v) is 7.98. The molecule has 0 spiro atoms. The number of hydrogen-bond acceptors (Lipinski definition) is 3. The van der Waals surface area contributed by atoms with E-state index in [0.717, 1.165) is 0 Å². The van der Waals surface area contributed by atoms with Gasteiger partial charge in [-0.25, -0.2) is 0 Å². The molecule has 0 aromatic heterocycles. The van der Waals surface area contributed by atoms with Gasteiger partial charge in [-0.2, -0.15) is 0 Å². The van der Waals surface area contributed by atoms with E-state index in [9.17, 15) is 14.9 Å². The SMILES string of the molecule is Cc1cccc([N+](=O)[O-])c1C#CC(N)=O. The lowest BCUT2D eigenvalue weighted by Crippen LogP contribution is -2.06. The number of nitro benzene ring substituents is 1. The van der Waals surface area contributed by atoms with E-state index in [2.05, 4.69) is 11.8 Å². The molecule has 0 bridgehead atoms. The summed E-state index contributed by atoms with van der Waals surface area (Å²) in [6.07, 6.45) is 0. The standard InChI is InChI=1S/C10H8N2O3/c1-7-3-2-4-9(12(14)15)8(7)5-6-10(11)13/h2-4H,1H3,(H2,11,13). The van der Waals surface area contributed by atoms with Crippen LogP contribution in [0, 0.1) is 28.9 Å². The molecule has 0 radical (unpaired) electrons. The van der Waals surface area contributed by atoms with Gasteiger partial charge in [0.15, 0.2) is 0 Å². The van der Waals surface area contributed by atoms with E-state index in [4.69, 9.17) is 5.73 Å². The van der Waals surface area contributed by atoms with Crippen molar-refractivity contribution in [1.82, 2.24) is 0 Å². The van der Waals surface area contributed by atoms with Crippen LogP contribution in [0.15, 0.2) is 18.2 Å². The number of nitrogens with two attached hydrogens (primary N) is 1. The maximum Gasteiger partial charge on any atom is 0.293 e. The second-order valence-corrected chi connectivity index (χ2v) is 2.84. The Hall–Kier alpha value is -2.35. The summed E-state index contributed by atoms with van der Waals surface area (Å²) < 4.78 is 0. The van der Waals surface area contributed by atoms with Crippen molar-refractivity contribution in [1.29, 1.82) is 0 Å². The molecule has 0 atom stereocenters. The number of benzene rings is 1. The van der Waals surface area contributed by atoms with E-state index in [1.807, 2.05) is 0 Å². The molecule has 0 aliphatic carbocycles. The first kappa shape index (κ1) is 10.7. The molecule has 0 unspecified atom stereocenters. The summed E-state index contributed by atoms with van der Waals surface area (Å²) in [5, 5.41) is 10.6. The molecule has 0 aliphatic rings. The van der Waals surface area contributed by atoms with Crippen molar-refractivity contribution in [3.63, 3.8) is 0 Å². The van der Waals surface area contributed by atoms with Crippen LogP contribution in [0.1, 0.15) is 11.1 Å². The molecule has 2 N–H and O–H groups in total. The summed E-state index contributed by atoms with van der Waals surface area (Å²) in [5.74, 6) is 3.67. The van der Waals surface area contributed by atoms with Crippen molar-refractivity contribution in [2.24, 2.45) is 5.73 Å². The van der Waals surface area contributed by atoms with Crippen LogP contribution in [-0.4, -0.2) is 10.8 Å². The summed E-state index contributed by atoms with van der Waals surface area (Å²) in [5.41, 5.74) is 5.57. The Labute approximate surface area is 86.0 Å². The van der Waals surface area contributed by atoms with E-state index in [0.29, 0.717) is 5.56 Å². The third-order valence-corrected chi connectivity index (χ3v) is 1.76. The van der Waals surface area contributed by atoms with Crippen molar-refractivity contribution >= 4 is 11.6 Å². The minimum absolute atomic E-state index is 0.122. The fourth-order valence-corrected chi connectivity index (χ4v) is 1.09. The first-order valence-electron chi connectivity index (χ1n) is 4.08. The highest BCUT2D eigenvalue weighted by Gasteiger charge is 2.13. The predicted octanol–water partition coefficient (Wildman–Crippen LogP) is 0.740. The summed E-state index contributed by atoms with van der Waals surface area (Å²) in [6.45, 7) is 1.68. The third-order valence-electron chi connectivity index (χ3n) is 1.76. The fourth-order valence-electron chi connectivity index (χ4n) is 1.09. The average Bonchev–Trinajstić information content (AvgIpc) is 2.15. The Morgan fingerprint density at radius 1 is 1.53 bits per heavy atom. The van der Waals surface area contributed by atoms with Crippen LogP contribution in [0.25, 0.3) is 0 Å². The largest absolute Gasteiger partial charge is 0.359 e. The number of rotatable bonds is 1. The van der Waals surface area contributed by atoms with Crippen molar-refractivity contribution in [3.8, 4) is 11.8 Å². The summed E-state index contributed by atoms with van der Waals surface area (Å²) >= 11 is 0. The molecule has 1 rings (SSSR count). The number of carbonyl (C=O) groups is 1. The Balaban J connectivity index is 3.33. The molecule has 1 aromatic rings. The zero-order valence-electron chi connectivity index (χ0n) is 7.98. The van der Waals surface area contributed by atoms with Gasteiger partial charge in [-0.15, -0.1) is 0 Å². The zero-order chi connectivity index (χ0) is 11.4. The highest BCUT2D eigenvalue weighted by atomic mass is 16.6. The van der Waals surface area contributed by atoms with Crippen LogP contribution in [0.4, 0.5) is 5.69 Å². The van der Waals surface area contributed by atoms with Crippen LogP contribution >= 0.6 is 0 Å². The smallest absolute Gasteiger partial charge is 0.293 e. The van der Waals surface area contributed by atoms with E-state index < -0.39 is 10.8 Å². The van der Waals surface area contributed by atoms with Crippen molar-refractivity contribution in [3.05, 3.63) is 39.4 Å². The quantitative estimate of drug-likeness (QED) is 0.415. The number of hydrogen-bond donors (Lipinski definition) is 1. The van der Waals surface area contributed by atoms with Gasteiger partial charge in [0.1, 0.15) is 5.56 Å². The van der Waals surface area contributed by atoms with Crippen LogP contribution in [0.2, 0.25) is 0 Å². The van der Waals surface area contributed by atoms with E-state index in [1.54, 1.807) is 19.1 Å². The maximum absolute atomic E-state index is 10.6. The first-order chi connectivity index (χ1) is 7.02. The normalized spacial score (nSPS) is 8.87. The lowest BCUT2D eigenvalue weighted by Gasteiger charge is -1.98. The van der Waals surface area contributed by atoms with Gasteiger partial charge in [-0.3, -0.25) is 14.9 Å². The molecule has 0 saturated heterocycles. The Kier molecular flexibility index (Phi) is 3.03. The molecule has 76 valence electrons. The van der Waals surface area contributed by atoms with Crippen molar-refractivity contribution in [2.45, 2.75) is 6.92 Å². The summed E-state index contributed by atoms with van der Waals surface area (Å²) in [7, 11) is 0. The lowest BCUT2D eigenvalue weighted by atomic mass is 10.1. The predicted molar refractivity (Wildman–Crippen MR) is 53.9 cm³/mol. The molecule has 0 fully saturated rings. The second kappa shape index (κ2) is 4.24. The molecule has 5 nitrogen and oxygen atoms in total. The number of carbonyl (C=O) groups excluding carboxylic acids is 1. The molecular formula is C10H8N2O3. The van der Waals surface area contributed by atoms with Crippen LogP contribution < -0.4 is 5.73 Å². The highest BCUT2D eigenvalue weighted by molar-refractivity contribution is 5.92. The number of aryl methyl sites for hydroxylation is 1.